The van der Waals surface area contributed by atoms with Crippen LogP contribution in [0, 0.1) is 6.92 Å². The molecule has 98 valence electrons. The van der Waals surface area contributed by atoms with Crippen molar-refractivity contribution in [1.29, 1.82) is 0 Å². The van der Waals surface area contributed by atoms with E-state index in [2.05, 4.69) is 17.2 Å². The first-order chi connectivity index (χ1) is 8.73. The van der Waals surface area contributed by atoms with E-state index in [-0.39, 0.29) is 5.60 Å². The summed E-state index contributed by atoms with van der Waals surface area (Å²) < 4.78 is 5.65. The molecule has 0 spiro atoms. The van der Waals surface area contributed by atoms with Crippen LogP contribution in [0.25, 0.3) is 0 Å². The number of methoxy groups -OCH3 is 1. The zero-order chi connectivity index (χ0) is 12.6. The minimum atomic E-state index is -0.206. The molecule has 0 saturated heterocycles. The van der Waals surface area contributed by atoms with Crippen LogP contribution in [-0.2, 0) is 16.9 Å². The Kier molecular flexibility index (Phi) is 3.08. The van der Waals surface area contributed by atoms with Crippen molar-refractivity contribution in [2.24, 2.45) is 0 Å². The SMILES string of the molecule is COC1(c2ncc(C)c(CNC3CC3)n2)CCC1. The minimum absolute atomic E-state index is 0.206. The highest BCUT2D eigenvalue weighted by Gasteiger charge is 2.41. The summed E-state index contributed by atoms with van der Waals surface area (Å²) in [6.07, 6.45) is 7.84. The Morgan fingerprint density at radius 2 is 2.22 bits per heavy atom. The summed E-state index contributed by atoms with van der Waals surface area (Å²) in [6.45, 7) is 2.93. The van der Waals surface area contributed by atoms with E-state index in [1.54, 1.807) is 7.11 Å². The normalized spacial score (nSPS) is 21.7. The highest BCUT2D eigenvalue weighted by molar-refractivity contribution is 5.19. The molecule has 0 amide bonds. The second-order valence-corrected chi connectivity index (χ2v) is 5.53. The second-order valence-electron chi connectivity index (χ2n) is 5.53. The van der Waals surface area contributed by atoms with Gasteiger partial charge in [0.1, 0.15) is 5.60 Å². The van der Waals surface area contributed by atoms with Crippen LogP contribution >= 0.6 is 0 Å². The van der Waals surface area contributed by atoms with Crippen LogP contribution in [0.2, 0.25) is 0 Å². The third-order valence-corrected chi connectivity index (χ3v) is 4.17. The van der Waals surface area contributed by atoms with Gasteiger partial charge < -0.3 is 10.1 Å². The molecular formula is C14H21N3O. The quantitative estimate of drug-likeness (QED) is 0.865. The maximum absolute atomic E-state index is 5.65. The largest absolute Gasteiger partial charge is 0.370 e. The van der Waals surface area contributed by atoms with Crippen molar-refractivity contribution >= 4 is 0 Å². The zero-order valence-corrected chi connectivity index (χ0v) is 11.2. The van der Waals surface area contributed by atoms with Crippen molar-refractivity contribution in [1.82, 2.24) is 15.3 Å². The van der Waals surface area contributed by atoms with Gasteiger partial charge in [0.15, 0.2) is 5.82 Å². The van der Waals surface area contributed by atoms with E-state index in [0.717, 1.165) is 36.5 Å². The van der Waals surface area contributed by atoms with Gasteiger partial charge in [0.2, 0.25) is 0 Å². The average Bonchev–Trinajstić information content (AvgIpc) is 3.12. The molecule has 0 bridgehead atoms. The summed E-state index contributed by atoms with van der Waals surface area (Å²) in [5, 5.41) is 3.52. The molecule has 0 aliphatic heterocycles. The van der Waals surface area contributed by atoms with Crippen LogP contribution in [0.4, 0.5) is 0 Å². The van der Waals surface area contributed by atoms with Crippen LogP contribution in [0.5, 0.6) is 0 Å². The van der Waals surface area contributed by atoms with Crippen LogP contribution in [0.15, 0.2) is 6.20 Å². The predicted octanol–water partition coefficient (Wildman–Crippen LogP) is 2.06. The van der Waals surface area contributed by atoms with Crippen molar-refractivity contribution in [3.05, 3.63) is 23.3 Å². The lowest BCUT2D eigenvalue weighted by atomic mass is 9.79. The second kappa shape index (κ2) is 4.59. The molecule has 2 aliphatic carbocycles. The van der Waals surface area contributed by atoms with Gasteiger partial charge in [-0.3, -0.25) is 0 Å². The lowest BCUT2D eigenvalue weighted by Crippen LogP contribution is -2.38. The molecule has 0 atom stereocenters. The van der Waals surface area contributed by atoms with Crippen LogP contribution < -0.4 is 5.32 Å². The van der Waals surface area contributed by atoms with Crippen LogP contribution in [0.3, 0.4) is 0 Å². The molecule has 1 N–H and O–H groups in total. The molecule has 1 aromatic rings. The van der Waals surface area contributed by atoms with Gasteiger partial charge in [-0.25, -0.2) is 9.97 Å². The molecule has 2 aliphatic rings. The Balaban J connectivity index is 1.80. The van der Waals surface area contributed by atoms with Crippen molar-refractivity contribution in [3.8, 4) is 0 Å². The third kappa shape index (κ3) is 2.15. The lowest BCUT2D eigenvalue weighted by Gasteiger charge is -2.38. The molecule has 0 unspecified atom stereocenters. The Labute approximate surface area is 108 Å². The van der Waals surface area contributed by atoms with E-state index in [4.69, 9.17) is 9.72 Å². The van der Waals surface area contributed by atoms with Gasteiger partial charge >= 0.3 is 0 Å². The van der Waals surface area contributed by atoms with Gasteiger partial charge in [-0.1, -0.05) is 0 Å². The summed E-state index contributed by atoms with van der Waals surface area (Å²) in [7, 11) is 1.77. The number of ether oxygens (including phenoxy) is 1. The monoisotopic (exact) mass is 247 g/mol. The van der Waals surface area contributed by atoms with E-state index in [0.29, 0.717) is 6.04 Å². The highest BCUT2D eigenvalue weighted by Crippen LogP contribution is 2.42. The van der Waals surface area contributed by atoms with Crippen molar-refractivity contribution in [2.75, 3.05) is 7.11 Å². The van der Waals surface area contributed by atoms with E-state index in [1.807, 2.05) is 6.20 Å². The summed E-state index contributed by atoms with van der Waals surface area (Å²) in [5.74, 6) is 0.870. The average molecular weight is 247 g/mol. The molecule has 3 rings (SSSR count). The molecule has 0 radical (unpaired) electrons. The molecule has 1 heterocycles. The lowest BCUT2D eigenvalue weighted by molar-refractivity contribution is -0.0848. The number of rotatable bonds is 5. The van der Waals surface area contributed by atoms with E-state index in [9.17, 15) is 0 Å². The summed E-state index contributed by atoms with van der Waals surface area (Å²) >= 11 is 0. The summed E-state index contributed by atoms with van der Waals surface area (Å²) in [4.78, 5) is 9.22. The fraction of sp³-hybridized carbons (Fsp3) is 0.714. The molecule has 2 saturated carbocycles. The first-order valence-electron chi connectivity index (χ1n) is 6.85. The van der Waals surface area contributed by atoms with Crippen molar-refractivity contribution < 1.29 is 4.74 Å². The minimum Gasteiger partial charge on any atom is -0.370 e. The number of hydrogen-bond acceptors (Lipinski definition) is 4. The standard InChI is InChI=1S/C14H21N3O/c1-10-8-16-13(14(18-2)6-3-7-14)17-12(10)9-15-11-4-5-11/h8,11,15H,3-7,9H2,1-2H3. The first-order valence-corrected chi connectivity index (χ1v) is 6.85. The van der Waals surface area contributed by atoms with E-state index >= 15 is 0 Å². The Morgan fingerprint density at radius 3 is 2.78 bits per heavy atom. The number of nitrogens with one attached hydrogen (secondary N) is 1. The highest BCUT2D eigenvalue weighted by atomic mass is 16.5. The van der Waals surface area contributed by atoms with Crippen LogP contribution in [-0.4, -0.2) is 23.1 Å². The number of nitrogens with zero attached hydrogens (tertiary/aromatic N) is 2. The fourth-order valence-electron chi connectivity index (χ4n) is 2.42. The van der Waals surface area contributed by atoms with Gasteiger partial charge in [0, 0.05) is 25.9 Å². The Morgan fingerprint density at radius 1 is 1.44 bits per heavy atom. The third-order valence-electron chi connectivity index (χ3n) is 4.17. The molecular weight excluding hydrogens is 226 g/mol. The number of hydrogen-bond donors (Lipinski definition) is 1. The van der Waals surface area contributed by atoms with Gasteiger partial charge in [0.25, 0.3) is 0 Å². The number of aryl methyl sites for hydroxylation is 1. The molecule has 4 nitrogen and oxygen atoms in total. The summed E-state index contributed by atoms with van der Waals surface area (Å²) in [5.41, 5.74) is 2.08. The Hall–Kier alpha value is -1.00. The topological polar surface area (TPSA) is 47.0 Å². The maximum Gasteiger partial charge on any atom is 0.160 e. The molecule has 18 heavy (non-hydrogen) atoms. The Bertz CT molecular complexity index is 433. The van der Waals surface area contributed by atoms with E-state index in [1.165, 1.54) is 19.3 Å². The fourth-order valence-corrected chi connectivity index (χ4v) is 2.42. The van der Waals surface area contributed by atoms with Crippen molar-refractivity contribution in [3.63, 3.8) is 0 Å². The smallest absolute Gasteiger partial charge is 0.160 e. The van der Waals surface area contributed by atoms with Gasteiger partial charge in [-0.2, -0.15) is 0 Å². The molecule has 0 aromatic carbocycles. The van der Waals surface area contributed by atoms with Gasteiger partial charge in [-0.15, -0.1) is 0 Å². The molecule has 4 heteroatoms. The number of aromatic nitrogens is 2. The van der Waals surface area contributed by atoms with Crippen molar-refractivity contribution in [2.45, 2.75) is 57.2 Å². The van der Waals surface area contributed by atoms with Crippen LogP contribution in [0.1, 0.15) is 49.2 Å². The predicted molar refractivity (Wildman–Crippen MR) is 69.2 cm³/mol. The molecule has 2 fully saturated rings. The summed E-state index contributed by atoms with van der Waals surface area (Å²) in [6, 6.07) is 0.711. The van der Waals surface area contributed by atoms with Gasteiger partial charge in [-0.05, 0) is 44.6 Å². The maximum atomic E-state index is 5.65. The van der Waals surface area contributed by atoms with E-state index < -0.39 is 0 Å². The van der Waals surface area contributed by atoms with Gasteiger partial charge in [0.05, 0.1) is 5.69 Å². The zero-order valence-electron chi connectivity index (χ0n) is 11.2. The first kappa shape index (κ1) is 12.1. The molecule has 1 aromatic heterocycles.